The smallest absolute Gasteiger partial charge is 0.331 e. The summed E-state index contributed by atoms with van der Waals surface area (Å²) in [6, 6.07) is 0. The summed E-state index contributed by atoms with van der Waals surface area (Å²) in [5.41, 5.74) is 3.03. The number of esters is 1. The monoisotopic (exact) mass is 508 g/mol. The van der Waals surface area contributed by atoms with E-state index >= 15 is 0 Å². The van der Waals surface area contributed by atoms with E-state index in [4.69, 9.17) is 9.84 Å². The number of carbonyl (C=O) groups excluding carboxylic acids is 2. The average molecular weight is 509 g/mol. The Kier molecular flexibility index (Phi) is 8.26. The molecule has 0 bridgehead atoms. The Labute approximate surface area is 222 Å². The first-order chi connectivity index (χ1) is 17.1. The normalized spacial score (nSPS) is 35.5. The fourth-order valence-corrected chi connectivity index (χ4v) is 7.87. The van der Waals surface area contributed by atoms with Gasteiger partial charge in [-0.3, -0.25) is 9.59 Å². The Morgan fingerprint density at radius 2 is 1.57 bits per heavy atom. The highest BCUT2D eigenvalue weighted by Crippen LogP contribution is 2.69. The van der Waals surface area contributed by atoms with Crippen LogP contribution in [0.15, 0.2) is 58.7 Å². The Balaban J connectivity index is 1.85. The SMILES string of the molecule is CC(=O)O[C@H]1CC[C@]2(C)[C@H]3CC(=O)\C(=C(C)/C=C/C=C(C)/C=C/C=C(/C)C(=O)O)[C@]3(C)CC[C@H]2C1(C)C. The van der Waals surface area contributed by atoms with Gasteiger partial charge in [-0.1, -0.05) is 69.7 Å². The fraction of sp³-hybridized carbons (Fsp3) is 0.594. The van der Waals surface area contributed by atoms with Crippen LogP contribution in [0.25, 0.3) is 0 Å². The molecule has 0 spiro atoms. The van der Waals surface area contributed by atoms with E-state index in [1.165, 1.54) is 6.92 Å². The first kappa shape index (κ1) is 28.9. The van der Waals surface area contributed by atoms with E-state index in [-0.39, 0.29) is 45.6 Å². The van der Waals surface area contributed by atoms with Crippen molar-refractivity contribution in [3.05, 3.63) is 58.7 Å². The Morgan fingerprint density at radius 1 is 0.919 bits per heavy atom. The molecule has 202 valence electrons. The number of allylic oxidation sites excluding steroid dienone is 9. The van der Waals surface area contributed by atoms with Gasteiger partial charge in [0.2, 0.25) is 0 Å². The first-order valence-corrected chi connectivity index (χ1v) is 13.5. The van der Waals surface area contributed by atoms with E-state index in [0.717, 1.165) is 42.4 Å². The maximum atomic E-state index is 13.5. The molecule has 0 aromatic carbocycles. The molecule has 0 aliphatic heterocycles. The van der Waals surface area contributed by atoms with Gasteiger partial charge in [-0.05, 0) is 69.3 Å². The molecule has 0 amide bonds. The summed E-state index contributed by atoms with van der Waals surface area (Å²) < 4.78 is 5.76. The number of carbonyl (C=O) groups is 3. The van der Waals surface area contributed by atoms with Crippen molar-refractivity contribution in [2.75, 3.05) is 0 Å². The van der Waals surface area contributed by atoms with Crippen molar-refractivity contribution in [1.82, 2.24) is 0 Å². The second kappa shape index (κ2) is 10.6. The zero-order valence-electron chi connectivity index (χ0n) is 23.8. The third-order valence-corrected chi connectivity index (χ3v) is 9.68. The van der Waals surface area contributed by atoms with Gasteiger partial charge in [0.25, 0.3) is 0 Å². The minimum Gasteiger partial charge on any atom is -0.478 e. The lowest BCUT2D eigenvalue weighted by molar-refractivity contribution is -0.185. The van der Waals surface area contributed by atoms with Crippen LogP contribution < -0.4 is 0 Å². The van der Waals surface area contributed by atoms with Crippen LogP contribution >= 0.6 is 0 Å². The number of fused-ring (bicyclic) bond motifs is 3. The number of ether oxygens (including phenoxy) is 1. The van der Waals surface area contributed by atoms with E-state index in [9.17, 15) is 14.4 Å². The molecule has 5 nitrogen and oxygen atoms in total. The predicted octanol–water partition coefficient (Wildman–Crippen LogP) is 7.16. The van der Waals surface area contributed by atoms with Crippen LogP contribution in [0.2, 0.25) is 0 Å². The number of ketones is 1. The summed E-state index contributed by atoms with van der Waals surface area (Å²) in [5, 5.41) is 8.95. The van der Waals surface area contributed by atoms with Gasteiger partial charge in [0.15, 0.2) is 5.78 Å². The maximum absolute atomic E-state index is 13.5. The molecule has 0 aromatic heterocycles. The molecule has 3 fully saturated rings. The fourth-order valence-electron chi connectivity index (χ4n) is 7.87. The Morgan fingerprint density at radius 3 is 2.19 bits per heavy atom. The molecule has 3 rings (SSSR count). The van der Waals surface area contributed by atoms with Gasteiger partial charge in [0.05, 0.1) is 0 Å². The second-order valence-corrected chi connectivity index (χ2v) is 12.5. The lowest BCUT2D eigenvalue weighted by Gasteiger charge is -2.62. The van der Waals surface area contributed by atoms with Gasteiger partial charge < -0.3 is 9.84 Å². The summed E-state index contributed by atoms with van der Waals surface area (Å²) in [5.74, 6) is -0.184. The third kappa shape index (κ3) is 5.46. The molecule has 1 N–H and O–H groups in total. The maximum Gasteiger partial charge on any atom is 0.331 e. The quantitative estimate of drug-likeness (QED) is 0.234. The molecule has 0 unspecified atom stereocenters. The molecule has 5 atom stereocenters. The molecular formula is C32H44O5. The average Bonchev–Trinajstić information content (AvgIpc) is 3.06. The largest absolute Gasteiger partial charge is 0.478 e. The standard InChI is InChI=1S/C32H44O5/c1-20(12-10-14-22(3)29(35)36)11-9-13-21(2)28-24(34)19-26-31(7)18-16-27(37-23(4)33)30(5,6)25(31)15-17-32(26,28)8/h9-14,25-27H,15-19H2,1-8H3,(H,35,36)/b12-10+,13-9+,20-11+,22-14-,28-21+/t25-,26+,27-,31-,32+/m0/s1. The summed E-state index contributed by atoms with van der Waals surface area (Å²) >= 11 is 0. The summed E-state index contributed by atoms with van der Waals surface area (Å²) in [4.78, 5) is 36.1. The summed E-state index contributed by atoms with van der Waals surface area (Å²) in [7, 11) is 0. The van der Waals surface area contributed by atoms with Crippen molar-refractivity contribution in [3.8, 4) is 0 Å². The van der Waals surface area contributed by atoms with Crippen LogP contribution in [0, 0.1) is 28.1 Å². The van der Waals surface area contributed by atoms with Crippen molar-refractivity contribution >= 4 is 17.7 Å². The van der Waals surface area contributed by atoms with Gasteiger partial charge in [-0.15, -0.1) is 0 Å². The highest BCUT2D eigenvalue weighted by Gasteiger charge is 2.65. The molecule has 0 heterocycles. The number of hydrogen-bond donors (Lipinski definition) is 1. The third-order valence-electron chi connectivity index (χ3n) is 9.68. The van der Waals surface area contributed by atoms with E-state index < -0.39 is 5.97 Å². The highest BCUT2D eigenvalue weighted by atomic mass is 16.5. The van der Waals surface area contributed by atoms with E-state index in [0.29, 0.717) is 12.3 Å². The van der Waals surface area contributed by atoms with E-state index in [1.54, 1.807) is 19.1 Å². The van der Waals surface area contributed by atoms with Crippen molar-refractivity contribution in [1.29, 1.82) is 0 Å². The molecule has 5 heteroatoms. The van der Waals surface area contributed by atoms with E-state index in [1.807, 2.05) is 38.2 Å². The van der Waals surface area contributed by atoms with Gasteiger partial charge in [-0.25, -0.2) is 4.79 Å². The highest BCUT2D eigenvalue weighted by molar-refractivity contribution is 6.00. The molecule has 0 aromatic rings. The molecular weight excluding hydrogens is 464 g/mol. The van der Waals surface area contributed by atoms with Crippen molar-refractivity contribution in [2.24, 2.45) is 28.1 Å². The lowest BCUT2D eigenvalue weighted by atomic mass is 9.43. The zero-order valence-corrected chi connectivity index (χ0v) is 23.8. The van der Waals surface area contributed by atoms with Gasteiger partial charge in [0, 0.05) is 35.3 Å². The van der Waals surface area contributed by atoms with E-state index in [2.05, 4.69) is 27.7 Å². The van der Waals surface area contributed by atoms with Gasteiger partial charge in [0.1, 0.15) is 6.10 Å². The number of carboxylic acid groups (broad SMARTS) is 1. The van der Waals surface area contributed by atoms with Crippen molar-refractivity contribution in [2.45, 2.75) is 93.6 Å². The van der Waals surface area contributed by atoms with Crippen LogP contribution in [0.5, 0.6) is 0 Å². The number of aliphatic carboxylic acids is 1. The number of carboxylic acids is 1. The van der Waals surface area contributed by atoms with Crippen molar-refractivity contribution in [3.63, 3.8) is 0 Å². The van der Waals surface area contributed by atoms with Crippen molar-refractivity contribution < 1.29 is 24.2 Å². The first-order valence-electron chi connectivity index (χ1n) is 13.5. The summed E-state index contributed by atoms with van der Waals surface area (Å²) in [6.07, 6.45) is 15.5. The molecule has 3 aliphatic carbocycles. The van der Waals surface area contributed by atoms with Crippen LogP contribution in [0.1, 0.15) is 87.5 Å². The zero-order chi connectivity index (χ0) is 27.8. The second-order valence-electron chi connectivity index (χ2n) is 12.5. The number of hydrogen-bond acceptors (Lipinski definition) is 4. The Hall–Kier alpha value is -2.69. The minimum absolute atomic E-state index is 0.0252. The molecule has 0 saturated heterocycles. The van der Waals surface area contributed by atoms with Crippen LogP contribution in [0.3, 0.4) is 0 Å². The molecule has 0 radical (unpaired) electrons. The minimum atomic E-state index is -0.926. The Bertz CT molecular complexity index is 1110. The molecule has 3 saturated carbocycles. The molecule has 3 aliphatic rings. The topological polar surface area (TPSA) is 80.7 Å². The number of Topliss-reactive ketones (excluding diaryl/α,β-unsaturated/α-hetero) is 1. The van der Waals surface area contributed by atoms with Crippen LogP contribution in [-0.2, 0) is 19.1 Å². The van der Waals surface area contributed by atoms with Crippen LogP contribution in [0.4, 0.5) is 0 Å². The lowest BCUT2D eigenvalue weighted by Crippen LogP contribution is -2.58. The van der Waals surface area contributed by atoms with Gasteiger partial charge >= 0.3 is 11.9 Å². The van der Waals surface area contributed by atoms with Crippen LogP contribution in [-0.4, -0.2) is 28.9 Å². The molecule has 37 heavy (non-hydrogen) atoms. The number of rotatable bonds is 6. The summed E-state index contributed by atoms with van der Waals surface area (Å²) in [6.45, 7) is 16.2. The predicted molar refractivity (Wildman–Crippen MR) is 147 cm³/mol. The van der Waals surface area contributed by atoms with Gasteiger partial charge in [-0.2, -0.15) is 0 Å².